The lowest BCUT2D eigenvalue weighted by atomic mass is 9.92. The minimum absolute atomic E-state index is 0.366. The van der Waals surface area contributed by atoms with Crippen molar-refractivity contribution in [3.63, 3.8) is 0 Å². The highest BCUT2D eigenvalue weighted by Gasteiger charge is 2.38. The highest BCUT2D eigenvalue weighted by atomic mass is 16.6. The Labute approximate surface area is 178 Å². The lowest BCUT2D eigenvalue weighted by Gasteiger charge is -2.30. The highest BCUT2D eigenvalue weighted by Crippen LogP contribution is 2.20. The Balaban J connectivity index is 3.96. The molecule has 4 atom stereocenters. The van der Waals surface area contributed by atoms with Crippen molar-refractivity contribution in [3.8, 4) is 0 Å². The molecule has 0 fully saturated rings. The van der Waals surface area contributed by atoms with Gasteiger partial charge in [-0.15, -0.1) is 0 Å². The van der Waals surface area contributed by atoms with Crippen molar-refractivity contribution in [3.05, 3.63) is 0 Å². The van der Waals surface area contributed by atoms with E-state index in [2.05, 4.69) is 6.92 Å². The van der Waals surface area contributed by atoms with Crippen molar-refractivity contribution in [2.24, 2.45) is 11.7 Å². The number of esters is 1. The van der Waals surface area contributed by atoms with Gasteiger partial charge in [0.25, 0.3) is 0 Å². The van der Waals surface area contributed by atoms with Crippen LogP contribution in [0.2, 0.25) is 0 Å². The summed E-state index contributed by atoms with van der Waals surface area (Å²) in [7, 11) is 0. The van der Waals surface area contributed by atoms with Gasteiger partial charge in [-0.25, -0.2) is 0 Å². The molecule has 0 aliphatic heterocycles. The minimum atomic E-state index is -1.59. The van der Waals surface area contributed by atoms with Crippen LogP contribution >= 0.6 is 0 Å². The molecular weight excluding hydrogens is 370 g/mol. The van der Waals surface area contributed by atoms with Crippen LogP contribution in [-0.4, -0.2) is 45.3 Å². The number of carbonyl (C=O) groups excluding carboxylic acids is 1. The highest BCUT2D eigenvalue weighted by molar-refractivity contribution is 5.74. The van der Waals surface area contributed by atoms with E-state index in [1.165, 1.54) is 57.8 Å². The largest absolute Gasteiger partial charge is 0.460 e. The van der Waals surface area contributed by atoms with E-state index in [9.17, 15) is 20.1 Å². The molecule has 0 heterocycles. The Hall–Kier alpha value is -0.690. The molecule has 0 aliphatic carbocycles. The van der Waals surface area contributed by atoms with Crippen molar-refractivity contribution >= 4 is 5.97 Å². The van der Waals surface area contributed by atoms with Crippen molar-refractivity contribution in [1.82, 2.24) is 0 Å². The van der Waals surface area contributed by atoms with Gasteiger partial charge in [-0.2, -0.15) is 0 Å². The van der Waals surface area contributed by atoms with Crippen molar-refractivity contribution in [2.45, 2.75) is 135 Å². The third kappa shape index (κ3) is 14.9. The number of aliphatic hydroxyl groups is 3. The van der Waals surface area contributed by atoms with Crippen molar-refractivity contribution < 1.29 is 24.9 Å². The number of aliphatic hydroxyl groups excluding tert-OH is 3. The van der Waals surface area contributed by atoms with Crippen LogP contribution in [0.5, 0.6) is 0 Å². The zero-order valence-corrected chi connectivity index (χ0v) is 19.2. The molecule has 0 amide bonds. The van der Waals surface area contributed by atoms with Gasteiger partial charge in [0.15, 0.2) is 0 Å². The second-order valence-corrected chi connectivity index (χ2v) is 9.29. The maximum Gasteiger partial charge on any atom is 0.316 e. The predicted octanol–water partition coefficient (Wildman–Crippen LogP) is 4.03. The number of nitrogens with two attached hydrogens (primary N) is 1. The zero-order valence-electron chi connectivity index (χ0n) is 19.2. The standard InChI is InChI=1S/C23H47NO5/c1-5-6-7-8-9-10-11-12-13-14-15-16-17-18(25)20(26)19(21(24)27)22(28)29-23(2,3)4/h18-21,25-27H,5-17,24H2,1-4H3/t18-,19+,20-,21?/m1/s1. The summed E-state index contributed by atoms with van der Waals surface area (Å²) in [5.41, 5.74) is 4.69. The molecule has 1 unspecified atom stereocenters. The fraction of sp³-hybridized carbons (Fsp3) is 0.957. The average Bonchev–Trinajstić information content (AvgIpc) is 2.60. The van der Waals surface area contributed by atoms with Crippen LogP contribution in [0.3, 0.4) is 0 Å². The summed E-state index contributed by atoms with van der Waals surface area (Å²) in [6.07, 6.45) is 10.8. The number of unbranched alkanes of at least 4 members (excludes halogenated alkanes) is 11. The molecule has 0 rings (SSSR count). The third-order valence-electron chi connectivity index (χ3n) is 5.16. The van der Waals surface area contributed by atoms with Crippen LogP contribution in [0.15, 0.2) is 0 Å². The number of carbonyl (C=O) groups is 1. The summed E-state index contributed by atoms with van der Waals surface area (Å²) >= 11 is 0. The van der Waals surface area contributed by atoms with E-state index in [0.29, 0.717) is 6.42 Å². The third-order valence-corrected chi connectivity index (χ3v) is 5.16. The summed E-state index contributed by atoms with van der Waals surface area (Å²) in [6.45, 7) is 7.32. The molecule has 0 aromatic heterocycles. The summed E-state index contributed by atoms with van der Waals surface area (Å²) in [5, 5.41) is 30.2. The number of hydrogen-bond acceptors (Lipinski definition) is 6. The first-order valence-corrected chi connectivity index (χ1v) is 11.6. The van der Waals surface area contributed by atoms with E-state index in [1.807, 2.05) is 0 Å². The lowest BCUT2D eigenvalue weighted by molar-refractivity contribution is -0.174. The molecule has 0 saturated heterocycles. The molecule has 0 aliphatic rings. The Morgan fingerprint density at radius 1 is 0.828 bits per heavy atom. The van der Waals surface area contributed by atoms with Gasteiger partial charge < -0.3 is 25.8 Å². The lowest BCUT2D eigenvalue weighted by Crippen LogP contribution is -2.49. The van der Waals surface area contributed by atoms with E-state index >= 15 is 0 Å². The number of ether oxygens (including phenoxy) is 1. The first-order chi connectivity index (χ1) is 13.6. The minimum Gasteiger partial charge on any atom is -0.460 e. The van der Waals surface area contributed by atoms with Crippen LogP contribution in [0.4, 0.5) is 0 Å². The molecule has 0 radical (unpaired) electrons. The predicted molar refractivity (Wildman–Crippen MR) is 117 cm³/mol. The molecule has 0 aromatic rings. The van der Waals surface area contributed by atoms with Gasteiger partial charge in [-0.1, -0.05) is 84.0 Å². The van der Waals surface area contributed by atoms with E-state index < -0.39 is 35.9 Å². The fourth-order valence-electron chi connectivity index (χ4n) is 3.46. The van der Waals surface area contributed by atoms with Gasteiger partial charge in [-0.05, 0) is 27.2 Å². The summed E-state index contributed by atoms with van der Waals surface area (Å²) in [5.74, 6) is -2.16. The summed E-state index contributed by atoms with van der Waals surface area (Å²) in [4.78, 5) is 12.2. The SMILES string of the molecule is CCCCCCCCCCCCCC[C@@H](O)[C@@H](O)[C@H](C(=O)OC(C)(C)C)C(N)O. The van der Waals surface area contributed by atoms with Crippen LogP contribution in [0, 0.1) is 5.92 Å². The molecule has 0 spiro atoms. The Morgan fingerprint density at radius 3 is 1.62 bits per heavy atom. The number of rotatable bonds is 17. The average molecular weight is 418 g/mol. The van der Waals surface area contributed by atoms with E-state index in [4.69, 9.17) is 10.5 Å². The molecule has 0 bridgehead atoms. The van der Waals surface area contributed by atoms with Gasteiger partial charge >= 0.3 is 5.97 Å². The first-order valence-electron chi connectivity index (χ1n) is 11.6. The van der Waals surface area contributed by atoms with E-state index in [1.54, 1.807) is 20.8 Å². The molecule has 5 N–H and O–H groups in total. The van der Waals surface area contributed by atoms with Gasteiger partial charge in [0, 0.05) is 0 Å². The maximum absolute atomic E-state index is 12.2. The molecule has 174 valence electrons. The second kappa shape index (κ2) is 16.1. The second-order valence-electron chi connectivity index (χ2n) is 9.29. The molecular formula is C23H47NO5. The van der Waals surface area contributed by atoms with Crippen LogP contribution in [-0.2, 0) is 9.53 Å². The van der Waals surface area contributed by atoms with E-state index in [0.717, 1.165) is 19.3 Å². The van der Waals surface area contributed by atoms with E-state index in [-0.39, 0.29) is 0 Å². The molecule has 0 saturated carbocycles. The molecule has 0 aromatic carbocycles. The van der Waals surface area contributed by atoms with Gasteiger partial charge in [0.2, 0.25) is 0 Å². The Kier molecular flexibility index (Phi) is 15.7. The zero-order chi connectivity index (χ0) is 22.3. The summed E-state index contributed by atoms with van der Waals surface area (Å²) in [6, 6.07) is 0. The van der Waals surface area contributed by atoms with Crippen LogP contribution in [0.25, 0.3) is 0 Å². The first kappa shape index (κ1) is 28.3. The maximum atomic E-state index is 12.2. The smallest absolute Gasteiger partial charge is 0.316 e. The fourth-order valence-corrected chi connectivity index (χ4v) is 3.46. The molecule has 6 heteroatoms. The van der Waals surface area contributed by atoms with Gasteiger partial charge in [-0.3, -0.25) is 4.79 Å². The normalized spacial score (nSPS) is 16.3. The molecule has 29 heavy (non-hydrogen) atoms. The van der Waals surface area contributed by atoms with Crippen LogP contribution < -0.4 is 5.73 Å². The monoisotopic (exact) mass is 417 g/mol. The topological polar surface area (TPSA) is 113 Å². The summed E-state index contributed by atoms with van der Waals surface area (Å²) < 4.78 is 5.20. The quantitative estimate of drug-likeness (QED) is 0.161. The Bertz CT molecular complexity index is 409. The Morgan fingerprint density at radius 2 is 1.24 bits per heavy atom. The number of hydrogen-bond donors (Lipinski definition) is 4. The van der Waals surface area contributed by atoms with Gasteiger partial charge in [0.05, 0.1) is 12.2 Å². The molecule has 6 nitrogen and oxygen atoms in total. The van der Waals surface area contributed by atoms with Crippen molar-refractivity contribution in [2.75, 3.05) is 0 Å². The van der Waals surface area contributed by atoms with Gasteiger partial charge in [0.1, 0.15) is 17.7 Å². The van der Waals surface area contributed by atoms with Crippen molar-refractivity contribution in [1.29, 1.82) is 0 Å². The van der Waals surface area contributed by atoms with Crippen LogP contribution in [0.1, 0.15) is 111 Å².